The van der Waals surface area contributed by atoms with Gasteiger partial charge < -0.3 is 4.98 Å². The van der Waals surface area contributed by atoms with Gasteiger partial charge in [0.1, 0.15) is 11.3 Å². The van der Waals surface area contributed by atoms with Crippen LogP contribution in [0.3, 0.4) is 0 Å². The average Bonchev–Trinajstić information content (AvgIpc) is 2.67. The normalized spacial score (nSPS) is 11.1. The Balaban J connectivity index is 3.04. The topological polar surface area (TPSA) is 72.7 Å². The zero-order chi connectivity index (χ0) is 11.2. The largest absolute Gasteiger partial charge is 0.336 e. The predicted octanol–water partition coefficient (Wildman–Crippen LogP) is -0.477. The van der Waals surface area contributed by atoms with Crippen LogP contribution in [0, 0.1) is 0 Å². The van der Waals surface area contributed by atoms with Crippen molar-refractivity contribution in [3.05, 3.63) is 26.7 Å². The number of hydrogen-bond donors (Lipinski definition) is 1. The van der Waals surface area contributed by atoms with Crippen LogP contribution in [0.25, 0.3) is 11.2 Å². The van der Waals surface area contributed by atoms with Gasteiger partial charge in [0.25, 0.3) is 5.56 Å². The Kier molecular flexibility index (Phi) is 1.99. The van der Waals surface area contributed by atoms with Crippen molar-refractivity contribution in [2.45, 2.75) is 13.3 Å². The van der Waals surface area contributed by atoms with Gasteiger partial charge in [-0.25, -0.2) is 9.78 Å². The highest BCUT2D eigenvalue weighted by Crippen LogP contribution is 2.03. The molecule has 6 heteroatoms. The van der Waals surface area contributed by atoms with Crippen molar-refractivity contribution in [2.75, 3.05) is 0 Å². The first kappa shape index (κ1) is 9.70. The number of nitrogens with zero attached hydrogens (tertiary/aromatic N) is 3. The van der Waals surface area contributed by atoms with E-state index in [1.54, 1.807) is 7.05 Å². The van der Waals surface area contributed by atoms with E-state index in [0.717, 1.165) is 4.57 Å². The van der Waals surface area contributed by atoms with E-state index in [0.29, 0.717) is 23.4 Å². The number of H-pyrrole nitrogens is 1. The molecule has 0 fully saturated rings. The molecule has 0 bridgehead atoms. The maximum absolute atomic E-state index is 11.7. The van der Waals surface area contributed by atoms with Crippen molar-refractivity contribution < 1.29 is 0 Å². The molecule has 0 atom stereocenters. The van der Waals surface area contributed by atoms with Crippen molar-refractivity contribution in [3.8, 4) is 0 Å². The summed E-state index contributed by atoms with van der Waals surface area (Å²) < 4.78 is 2.44. The number of imidazole rings is 1. The van der Waals surface area contributed by atoms with Gasteiger partial charge in [0, 0.05) is 20.5 Å². The molecule has 2 rings (SSSR count). The van der Waals surface area contributed by atoms with Gasteiger partial charge in [0.2, 0.25) is 0 Å². The molecule has 2 aromatic heterocycles. The Hall–Kier alpha value is -1.85. The third-order valence-electron chi connectivity index (χ3n) is 2.48. The minimum Gasteiger partial charge on any atom is -0.336 e. The number of aryl methyl sites for hydroxylation is 2. The Bertz CT molecular complexity index is 632. The molecule has 1 N–H and O–H groups in total. The second kappa shape index (κ2) is 3.08. The standard InChI is InChI=1S/C9H12N4O2/c1-4-5-10-6-7(11-5)12(2)9(15)13(3)8(6)14/h4H2,1-3H3,(H,10,11). The van der Waals surface area contributed by atoms with E-state index in [4.69, 9.17) is 0 Å². The first-order chi connectivity index (χ1) is 7.06. The molecule has 0 aliphatic rings. The second-order valence-electron chi connectivity index (χ2n) is 3.44. The molecule has 0 amide bonds. The van der Waals surface area contributed by atoms with Crippen LogP contribution in [0.2, 0.25) is 0 Å². The monoisotopic (exact) mass is 208 g/mol. The minimum atomic E-state index is -0.360. The van der Waals surface area contributed by atoms with Crippen LogP contribution in [-0.4, -0.2) is 19.1 Å². The Morgan fingerprint density at radius 2 is 1.93 bits per heavy atom. The van der Waals surface area contributed by atoms with Crippen LogP contribution < -0.4 is 11.2 Å². The summed E-state index contributed by atoms with van der Waals surface area (Å²) in [6.07, 6.45) is 0.700. The lowest BCUT2D eigenvalue weighted by Gasteiger charge is -2.00. The molecule has 15 heavy (non-hydrogen) atoms. The van der Waals surface area contributed by atoms with E-state index >= 15 is 0 Å². The number of rotatable bonds is 1. The molecule has 2 aromatic rings. The first-order valence-electron chi connectivity index (χ1n) is 4.70. The highest BCUT2D eigenvalue weighted by molar-refractivity contribution is 5.69. The van der Waals surface area contributed by atoms with Crippen LogP contribution in [0.15, 0.2) is 9.59 Å². The summed E-state index contributed by atoms with van der Waals surface area (Å²) in [6.45, 7) is 1.93. The number of aromatic amines is 1. The summed E-state index contributed by atoms with van der Waals surface area (Å²) in [4.78, 5) is 30.4. The molecule has 0 saturated heterocycles. The van der Waals surface area contributed by atoms with Crippen LogP contribution in [-0.2, 0) is 20.5 Å². The molecule has 80 valence electrons. The molecule has 2 heterocycles. The summed E-state index contributed by atoms with van der Waals surface area (Å²) in [5.41, 5.74) is 0.110. The number of hydrogen-bond acceptors (Lipinski definition) is 3. The van der Waals surface area contributed by atoms with Gasteiger partial charge in [0.15, 0.2) is 5.65 Å². The molecule has 0 aliphatic carbocycles. The molecule has 0 spiro atoms. The number of fused-ring (bicyclic) bond motifs is 1. The van der Waals surface area contributed by atoms with E-state index in [1.807, 2.05) is 6.92 Å². The SMILES string of the molecule is CCc1nc2c([nH]1)c(=O)n(C)c(=O)n2C. The van der Waals surface area contributed by atoms with E-state index < -0.39 is 0 Å². The van der Waals surface area contributed by atoms with Crippen LogP contribution >= 0.6 is 0 Å². The third-order valence-corrected chi connectivity index (χ3v) is 2.48. The van der Waals surface area contributed by atoms with Gasteiger partial charge >= 0.3 is 5.69 Å². The van der Waals surface area contributed by atoms with Crippen molar-refractivity contribution in [2.24, 2.45) is 14.1 Å². The van der Waals surface area contributed by atoms with Crippen LogP contribution in [0.5, 0.6) is 0 Å². The van der Waals surface area contributed by atoms with Gasteiger partial charge in [-0.2, -0.15) is 0 Å². The molecule has 6 nitrogen and oxygen atoms in total. The van der Waals surface area contributed by atoms with Crippen LogP contribution in [0.1, 0.15) is 12.7 Å². The summed E-state index contributed by atoms with van der Waals surface area (Å²) in [6, 6.07) is 0. The maximum Gasteiger partial charge on any atom is 0.332 e. The van der Waals surface area contributed by atoms with Crippen molar-refractivity contribution in [1.29, 1.82) is 0 Å². The van der Waals surface area contributed by atoms with Gasteiger partial charge in [0.05, 0.1) is 0 Å². The average molecular weight is 208 g/mol. The van der Waals surface area contributed by atoms with Crippen molar-refractivity contribution >= 4 is 11.2 Å². The fourth-order valence-electron chi connectivity index (χ4n) is 1.54. The molecule has 0 saturated carbocycles. The lowest BCUT2D eigenvalue weighted by atomic mass is 10.5. The van der Waals surface area contributed by atoms with Crippen LogP contribution in [0.4, 0.5) is 0 Å². The van der Waals surface area contributed by atoms with Gasteiger partial charge in [-0.1, -0.05) is 6.92 Å². The fourth-order valence-corrected chi connectivity index (χ4v) is 1.54. The Morgan fingerprint density at radius 3 is 2.53 bits per heavy atom. The van der Waals surface area contributed by atoms with E-state index in [9.17, 15) is 9.59 Å². The van der Waals surface area contributed by atoms with E-state index in [-0.39, 0.29) is 11.2 Å². The number of nitrogens with one attached hydrogen (secondary N) is 1. The summed E-state index contributed by atoms with van der Waals surface area (Å²) in [5, 5.41) is 0. The van der Waals surface area contributed by atoms with Crippen molar-refractivity contribution in [3.63, 3.8) is 0 Å². The van der Waals surface area contributed by atoms with E-state index in [2.05, 4.69) is 9.97 Å². The summed E-state index contributed by atoms with van der Waals surface area (Å²) in [5.74, 6) is 0.711. The summed E-state index contributed by atoms with van der Waals surface area (Å²) >= 11 is 0. The highest BCUT2D eigenvalue weighted by Gasteiger charge is 2.11. The maximum atomic E-state index is 11.7. The zero-order valence-corrected chi connectivity index (χ0v) is 8.87. The lowest BCUT2D eigenvalue weighted by Crippen LogP contribution is -2.36. The Morgan fingerprint density at radius 1 is 1.27 bits per heavy atom. The van der Waals surface area contributed by atoms with Gasteiger partial charge in [-0.05, 0) is 0 Å². The zero-order valence-electron chi connectivity index (χ0n) is 8.87. The lowest BCUT2D eigenvalue weighted by molar-refractivity contribution is 0.708. The third kappa shape index (κ3) is 1.21. The number of aromatic nitrogens is 4. The molecule has 0 aliphatic heterocycles. The minimum absolute atomic E-state index is 0.333. The highest BCUT2D eigenvalue weighted by atomic mass is 16.2. The Labute approximate surface area is 85.2 Å². The second-order valence-corrected chi connectivity index (χ2v) is 3.44. The molecular weight excluding hydrogens is 196 g/mol. The molecule has 0 aromatic carbocycles. The first-order valence-corrected chi connectivity index (χ1v) is 4.70. The van der Waals surface area contributed by atoms with E-state index in [1.165, 1.54) is 11.6 Å². The van der Waals surface area contributed by atoms with Gasteiger partial charge in [-0.15, -0.1) is 0 Å². The molecular formula is C9H12N4O2. The predicted molar refractivity (Wildman–Crippen MR) is 56.0 cm³/mol. The molecule has 0 unspecified atom stereocenters. The smallest absolute Gasteiger partial charge is 0.332 e. The molecule has 0 radical (unpaired) electrons. The quantitative estimate of drug-likeness (QED) is 0.688. The van der Waals surface area contributed by atoms with Crippen molar-refractivity contribution in [1.82, 2.24) is 19.1 Å². The summed E-state index contributed by atoms with van der Waals surface area (Å²) in [7, 11) is 3.06. The van der Waals surface area contributed by atoms with Gasteiger partial charge in [-0.3, -0.25) is 13.9 Å². The fraction of sp³-hybridized carbons (Fsp3) is 0.444.